The molecule has 0 bridgehead atoms. The number of hydrogen-bond donors (Lipinski definition) is 2. The van der Waals surface area contributed by atoms with E-state index in [0.29, 0.717) is 12.8 Å². The second kappa shape index (κ2) is 37.4. The molecule has 278 valence electrons. The van der Waals surface area contributed by atoms with Gasteiger partial charge in [0.05, 0.1) is 0 Å². The van der Waals surface area contributed by atoms with Crippen molar-refractivity contribution in [3.05, 3.63) is 36.5 Å². The van der Waals surface area contributed by atoms with Crippen LogP contribution in [0.1, 0.15) is 200 Å². The summed E-state index contributed by atoms with van der Waals surface area (Å²) in [6.45, 7) is 4.08. The third-order valence-electron chi connectivity index (χ3n) is 8.81. The Morgan fingerprint density at radius 1 is 0.562 bits per heavy atom. The molecule has 0 aliphatic heterocycles. The van der Waals surface area contributed by atoms with E-state index in [1.807, 2.05) is 6.08 Å². The summed E-state index contributed by atoms with van der Waals surface area (Å²) in [5, 5.41) is 11.1. The summed E-state index contributed by atoms with van der Waals surface area (Å²) in [7, 11) is 0. The fraction of sp³-hybridized carbons (Fsp3) is 0.786. The van der Waals surface area contributed by atoms with Gasteiger partial charge in [-0.05, 0) is 51.0 Å². The van der Waals surface area contributed by atoms with E-state index in [4.69, 9.17) is 9.84 Å². The number of nitrogens with one attached hydrogen (secondary N) is 1. The van der Waals surface area contributed by atoms with E-state index >= 15 is 0 Å². The lowest BCUT2D eigenvalue weighted by molar-refractivity contribution is -0.147. The Bertz CT molecular complexity index is 834. The number of rotatable bonds is 36. The topological polar surface area (TPSA) is 92.7 Å². The molecule has 0 aliphatic carbocycles. The maximum Gasteiger partial charge on any atom is 0.322 e. The number of carboxylic acids is 1. The van der Waals surface area contributed by atoms with Gasteiger partial charge in [-0.2, -0.15) is 0 Å². The Kier molecular flexibility index (Phi) is 35.6. The summed E-state index contributed by atoms with van der Waals surface area (Å²) < 4.78 is 5.87. The van der Waals surface area contributed by atoms with Crippen LogP contribution in [0, 0.1) is 0 Å². The third kappa shape index (κ3) is 36.5. The van der Waals surface area contributed by atoms with Crippen LogP contribution in [-0.4, -0.2) is 35.6 Å². The number of carboxylic acid groups (broad SMARTS) is 1. The summed E-state index contributed by atoms with van der Waals surface area (Å²) >= 11 is 0. The summed E-state index contributed by atoms with van der Waals surface area (Å²) in [5.74, 6) is -1.36. The van der Waals surface area contributed by atoms with Crippen molar-refractivity contribution in [2.24, 2.45) is 0 Å². The van der Waals surface area contributed by atoms with Crippen molar-refractivity contribution in [3.63, 3.8) is 0 Å². The highest BCUT2D eigenvalue weighted by molar-refractivity contribution is 5.80. The van der Waals surface area contributed by atoms with Gasteiger partial charge in [0.15, 0.2) is 0 Å². The number of carbonyl (C=O) groups is 3. The largest absolute Gasteiger partial charge is 0.480 e. The molecule has 48 heavy (non-hydrogen) atoms. The third-order valence-corrected chi connectivity index (χ3v) is 8.81. The zero-order chi connectivity index (χ0) is 35.2. The summed E-state index contributed by atoms with van der Waals surface area (Å²) in [4.78, 5) is 34.9. The number of ether oxygens (including phenoxy) is 1. The maximum absolute atomic E-state index is 12.6. The van der Waals surface area contributed by atoms with Crippen molar-refractivity contribution in [1.82, 2.24) is 5.32 Å². The number of carbonyl (C=O) groups excluding carboxylic acids is 2. The summed E-state index contributed by atoms with van der Waals surface area (Å²) in [6, 6.07) is 0. The zero-order valence-electron chi connectivity index (χ0n) is 31.3. The average Bonchev–Trinajstić information content (AvgIpc) is 3.07. The Balaban J connectivity index is 4.03. The minimum absolute atomic E-state index is 0.105. The van der Waals surface area contributed by atoms with Crippen molar-refractivity contribution in [2.75, 3.05) is 6.54 Å². The van der Waals surface area contributed by atoms with Crippen LogP contribution in [0.4, 0.5) is 0 Å². The van der Waals surface area contributed by atoms with Gasteiger partial charge in [-0.25, -0.2) is 0 Å². The van der Waals surface area contributed by atoms with Gasteiger partial charge in [-0.3, -0.25) is 14.4 Å². The molecular weight excluding hydrogens is 598 g/mol. The molecule has 0 aliphatic rings. The number of unbranched alkanes of at least 4 members (excludes halogenated alkanes) is 21. The van der Waals surface area contributed by atoms with E-state index < -0.39 is 5.97 Å². The first kappa shape index (κ1) is 45.6. The molecular formula is C42H75NO5. The van der Waals surface area contributed by atoms with E-state index in [2.05, 4.69) is 49.5 Å². The van der Waals surface area contributed by atoms with E-state index in [1.54, 1.807) is 0 Å². The van der Waals surface area contributed by atoms with Crippen LogP contribution in [-0.2, 0) is 19.1 Å². The van der Waals surface area contributed by atoms with Gasteiger partial charge in [-0.15, -0.1) is 0 Å². The fourth-order valence-corrected chi connectivity index (χ4v) is 5.86. The van der Waals surface area contributed by atoms with Crippen LogP contribution in [0.15, 0.2) is 36.5 Å². The SMILES string of the molecule is CC/C=C\C/C=C\C/C=C\C(CCCCCCC(=O)NCC(=O)O)OC(=O)CCCCCCCCCCCCCCCCCCCCC. The van der Waals surface area contributed by atoms with E-state index in [0.717, 1.165) is 64.2 Å². The normalized spacial score (nSPS) is 12.4. The van der Waals surface area contributed by atoms with Crippen LogP contribution in [0.2, 0.25) is 0 Å². The predicted molar refractivity (Wildman–Crippen MR) is 203 cm³/mol. The molecule has 0 rings (SSSR count). The molecule has 0 saturated heterocycles. The smallest absolute Gasteiger partial charge is 0.322 e. The second-order valence-corrected chi connectivity index (χ2v) is 13.5. The van der Waals surface area contributed by atoms with Gasteiger partial charge in [0.2, 0.25) is 5.91 Å². The molecule has 0 heterocycles. The van der Waals surface area contributed by atoms with Gasteiger partial charge in [0, 0.05) is 12.8 Å². The number of esters is 1. The lowest BCUT2D eigenvalue weighted by atomic mass is 10.0. The molecule has 0 fully saturated rings. The average molecular weight is 674 g/mol. The van der Waals surface area contributed by atoms with Gasteiger partial charge in [0.1, 0.15) is 12.6 Å². The molecule has 6 heteroatoms. The molecule has 0 aromatic carbocycles. The van der Waals surface area contributed by atoms with Crippen LogP contribution in [0.5, 0.6) is 0 Å². The van der Waals surface area contributed by atoms with Crippen LogP contribution in [0.25, 0.3) is 0 Å². The minimum Gasteiger partial charge on any atom is -0.480 e. The predicted octanol–water partition coefficient (Wildman–Crippen LogP) is 12.1. The number of amides is 1. The highest BCUT2D eigenvalue weighted by Gasteiger charge is 2.12. The number of allylic oxidation sites excluding steroid dienone is 5. The first-order valence-electron chi connectivity index (χ1n) is 20.1. The molecule has 0 radical (unpaired) electrons. The number of hydrogen-bond acceptors (Lipinski definition) is 4. The Labute approximate surface area is 296 Å². The van der Waals surface area contributed by atoms with E-state index in [9.17, 15) is 14.4 Å². The molecule has 1 atom stereocenters. The Morgan fingerprint density at radius 3 is 1.50 bits per heavy atom. The van der Waals surface area contributed by atoms with Crippen LogP contribution >= 0.6 is 0 Å². The molecule has 2 N–H and O–H groups in total. The highest BCUT2D eigenvalue weighted by Crippen LogP contribution is 2.16. The molecule has 0 spiro atoms. The lowest BCUT2D eigenvalue weighted by Gasteiger charge is -2.14. The molecule has 1 amide bonds. The molecule has 0 aromatic heterocycles. The van der Waals surface area contributed by atoms with Crippen LogP contribution < -0.4 is 5.32 Å². The van der Waals surface area contributed by atoms with Gasteiger partial charge in [-0.1, -0.05) is 173 Å². The van der Waals surface area contributed by atoms with E-state index in [-0.39, 0.29) is 24.5 Å². The van der Waals surface area contributed by atoms with Crippen molar-refractivity contribution in [3.8, 4) is 0 Å². The maximum atomic E-state index is 12.6. The van der Waals surface area contributed by atoms with Crippen molar-refractivity contribution < 1.29 is 24.2 Å². The van der Waals surface area contributed by atoms with E-state index in [1.165, 1.54) is 109 Å². The summed E-state index contributed by atoms with van der Waals surface area (Å²) in [6.07, 6.45) is 45.8. The first-order valence-corrected chi connectivity index (χ1v) is 20.1. The Morgan fingerprint density at radius 2 is 1.00 bits per heavy atom. The van der Waals surface area contributed by atoms with Gasteiger partial charge in [0.25, 0.3) is 0 Å². The first-order chi connectivity index (χ1) is 23.5. The second-order valence-electron chi connectivity index (χ2n) is 13.5. The van der Waals surface area contributed by atoms with Gasteiger partial charge >= 0.3 is 11.9 Å². The monoisotopic (exact) mass is 674 g/mol. The highest BCUT2D eigenvalue weighted by atomic mass is 16.5. The fourth-order valence-electron chi connectivity index (χ4n) is 5.86. The Hall–Kier alpha value is -2.37. The van der Waals surface area contributed by atoms with Crippen molar-refractivity contribution >= 4 is 17.8 Å². The van der Waals surface area contributed by atoms with Gasteiger partial charge < -0.3 is 15.2 Å². The standard InChI is InChI=1S/C42H75NO5/c1-3-5-7-9-11-13-14-15-16-17-18-19-20-21-22-23-25-27-33-37-42(47)48-39(34-30-26-24-12-10-8-6-4-2)35-31-28-29-32-36-40(44)43-38-41(45)46/h6,8,12,24,30,34,39H,3-5,7,9-11,13-23,25-29,31-33,35-38H2,1-2H3,(H,43,44)(H,45,46)/b8-6-,24-12-,34-30-. The number of aliphatic carboxylic acids is 1. The van der Waals surface area contributed by atoms with Crippen LogP contribution in [0.3, 0.4) is 0 Å². The zero-order valence-corrected chi connectivity index (χ0v) is 31.3. The summed E-state index contributed by atoms with van der Waals surface area (Å²) in [5.41, 5.74) is 0. The van der Waals surface area contributed by atoms with Crippen molar-refractivity contribution in [1.29, 1.82) is 0 Å². The lowest BCUT2D eigenvalue weighted by Crippen LogP contribution is -2.28. The molecule has 0 saturated carbocycles. The van der Waals surface area contributed by atoms with Crippen molar-refractivity contribution in [2.45, 2.75) is 206 Å². The molecule has 0 aromatic rings. The quantitative estimate of drug-likeness (QED) is 0.0392. The molecule has 1 unspecified atom stereocenters. The minimum atomic E-state index is -1.03. The molecule has 6 nitrogen and oxygen atoms in total.